The Kier molecular flexibility index (Phi) is 4.24. The van der Waals surface area contributed by atoms with Crippen molar-refractivity contribution < 1.29 is 23.1 Å². The Hall–Kier alpha value is -1.99. The second-order valence-corrected chi connectivity index (χ2v) is 5.29. The van der Waals surface area contributed by atoms with Crippen molar-refractivity contribution in [2.45, 2.75) is 37.4 Å². The summed E-state index contributed by atoms with van der Waals surface area (Å²) in [5, 5.41) is 10.9. The number of carboxylic acid groups (broad SMARTS) is 1. The van der Waals surface area contributed by atoms with Crippen molar-refractivity contribution >= 4 is 11.8 Å². The van der Waals surface area contributed by atoms with E-state index in [1.807, 2.05) is 0 Å². The van der Waals surface area contributed by atoms with Crippen LogP contribution in [0.1, 0.15) is 30.7 Å². The first-order chi connectivity index (χ1) is 9.77. The Morgan fingerprint density at radius 2 is 2.10 bits per heavy atom. The number of nitrogens with one attached hydrogen (secondary N) is 1. The van der Waals surface area contributed by atoms with Gasteiger partial charge in [0.2, 0.25) is 0 Å². The van der Waals surface area contributed by atoms with Crippen LogP contribution in [0.15, 0.2) is 18.5 Å². The summed E-state index contributed by atoms with van der Waals surface area (Å²) in [6, 6.07) is 0.858. The van der Waals surface area contributed by atoms with Gasteiger partial charge in [-0.15, -0.1) is 0 Å². The molecule has 116 valence electrons. The maximum absolute atomic E-state index is 13.0. The summed E-state index contributed by atoms with van der Waals surface area (Å²) in [6.45, 7) is 0. The summed E-state index contributed by atoms with van der Waals surface area (Å²) in [6.07, 6.45) is -2.82. The second-order valence-electron chi connectivity index (χ2n) is 5.29. The maximum Gasteiger partial charge on any atom is 0.404 e. The Morgan fingerprint density at radius 1 is 1.38 bits per heavy atom. The van der Waals surface area contributed by atoms with Crippen molar-refractivity contribution in [1.82, 2.24) is 10.3 Å². The van der Waals surface area contributed by atoms with Gasteiger partial charge in [-0.2, -0.15) is 13.2 Å². The molecule has 4 N–H and O–H groups in total. The van der Waals surface area contributed by atoms with E-state index in [0.29, 0.717) is 17.7 Å². The summed E-state index contributed by atoms with van der Waals surface area (Å²) in [7, 11) is 0. The van der Waals surface area contributed by atoms with Gasteiger partial charge in [0.25, 0.3) is 0 Å². The van der Waals surface area contributed by atoms with Gasteiger partial charge in [0, 0.05) is 12.2 Å². The molecule has 0 spiro atoms. The Labute approximate surface area is 119 Å². The van der Waals surface area contributed by atoms with Crippen LogP contribution < -0.4 is 11.1 Å². The number of pyridine rings is 1. The van der Waals surface area contributed by atoms with Crippen molar-refractivity contribution in [3.05, 3.63) is 24.0 Å². The first-order valence-electron chi connectivity index (χ1n) is 6.53. The monoisotopic (exact) mass is 303 g/mol. The number of hydrogen-bond acceptors (Lipinski definition) is 3. The predicted molar refractivity (Wildman–Crippen MR) is 69.7 cm³/mol. The van der Waals surface area contributed by atoms with Gasteiger partial charge in [-0.25, -0.2) is 4.79 Å². The first kappa shape index (κ1) is 15.4. The van der Waals surface area contributed by atoms with E-state index in [-0.39, 0.29) is 12.8 Å². The third-order valence-corrected chi connectivity index (χ3v) is 3.82. The number of anilines is 1. The third kappa shape index (κ3) is 3.77. The molecule has 1 aliphatic carbocycles. The molecule has 1 saturated carbocycles. The van der Waals surface area contributed by atoms with Crippen molar-refractivity contribution in [3.8, 4) is 0 Å². The van der Waals surface area contributed by atoms with E-state index in [4.69, 9.17) is 10.8 Å². The maximum atomic E-state index is 13.0. The van der Waals surface area contributed by atoms with E-state index in [2.05, 4.69) is 10.3 Å². The number of halogens is 3. The highest BCUT2D eigenvalue weighted by Crippen LogP contribution is 2.44. The molecule has 0 bridgehead atoms. The molecule has 0 aliphatic heterocycles. The highest BCUT2D eigenvalue weighted by Gasteiger charge is 2.45. The van der Waals surface area contributed by atoms with E-state index < -0.39 is 30.1 Å². The van der Waals surface area contributed by atoms with Crippen LogP contribution in [0, 0.1) is 5.92 Å². The van der Waals surface area contributed by atoms with Gasteiger partial charge in [0.05, 0.1) is 17.8 Å². The molecule has 21 heavy (non-hydrogen) atoms. The normalized spacial score (nSPS) is 26.3. The molecule has 3 atom stereocenters. The van der Waals surface area contributed by atoms with Crippen molar-refractivity contribution in [2.75, 3.05) is 5.73 Å². The van der Waals surface area contributed by atoms with Crippen LogP contribution in [-0.2, 0) is 0 Å². The van der Waals surface area contributed by atoms with Crippen LogP contribution >= 0.6 is 0 Å². The number of nitrogen functional groups attached to an aromatic ring is 1. The number of rotatable bonds is 2. The third-order valence-electron chi connectivity index (χ3n) is 3.82. The van der Waals surface area contributed by atoms with Gasteiger partial charge < -0.3 is 16.2 Å². The molecule has 1 heterocycles. The molecule has 1 aromatic rings. The average Bonchev–Trinajstić information content (AvgIpc) is 2.37. The number of aromatic nitrogens is 1. The van der Waals surface area contributed by atoms with Gasteiger partial charge in [-0.3, -0.25) is 4.98 Å². The van der Waals surface area contributed by atoms with Gasteiger partial charge in [-0.1, -0.05) is 0 Å². The molecule has 0 saturated heterocycles. The SMILES string of the molecule is Nc1cnccc1[C@H]1CC(NC(=O)O)C[C@@H](C(F)(F)F)C1. The average molecular weight is 303 g/mol. The topological polar surface area (TPSA) is 88.2 Å². The molecule has 2 rings (SSSR count). The summed E-state index contributed by atoms with van der Waals surface area (Å²) in [5.41, 5.74) is 6.70. The first-order valence-corrected chi connectivity index (χ1v) is 6.53. The molecule has 1 fully saturated rings. The van der Waals surface area contributed by atoms with Crippen LogP contribution in [0.3, 0.4) is 0 Å². The van der Waals surface area contributed by atoms with Gasteiger partial charge in [0.1, 0.15) is 0 Å². The minimum atomic E-state index is -4.35. The highest BCUT2D eigenvalue weighted by molar-refractivity contribution is 5.64. The quantitative estimate of drug-likeness (QED) is 0.784. The van der Waals surface area contributed by atoms with Crippen LogP contribution in [0.4, 0.5) is 23.7 Å². The lowest BCUT2D eigenvalue weighted by Gasteiger charge is -2.36. The lowest BCUT2D eigenvalue weighted by Crippen LogP contribution is -2.43. The molecular weight excluding hydrogens is 287 g/mol. The molecule has 0 radical (unpaired) electrons. The highest BCUT2D eigenvalue weighted by atomic mass is 19.4. The Bertz CT molecular complexity index is 522. The largest absolute Gasteiger partial charge is 0.465 e. The number of carbonyl (C=O) groups is 1. The molecule has 0 aromatic carbocycles. The van der Waals surface area contributed by atoms with E-state index in [1.54, 1.807) is 6.07 Å². The van der Waals surface area contributed by atoms with Gasteiger partial charge >= 0.3 is 12.3 Å². The lowest BCUT2D eigenvalue weighted by molar-refractivity contribution is -0.185. The summed E-state index contributed by atoms with van der Waals surface area (Å²) >= 11 is 0. The van der Waals surface area contributed by atoms with Gasteiger partial charge in [-0.05, 0) is 36.8 Å². The smallest absolute Gasteiger partial charge is 0.404 e. The van der Waals surface area contributed by atoms with Crippen molar-refractivity contribution in [1.29, 1.82) is 0 Å². The zero-order valence-electron chi connectivity index (χ0n) is 11.1. The van der Waals surface area contributed by atoms with Crippen LogP contribution in [0.2, 0.25) is 0 Å². The van der Waals surface area contributed by atoms with Crippen LogP contribution in [-0.4, -0.2) is 28.4 Å². The zero-order valence-corrected chi connectivity index (χ0v) is 11.1. The van der Waals surface area contributed by atoms with E-state index in [9.17, 15) is 18.0 Å². The summed E-state index contributed by atoms with van der Waals surface area (Å²) < 4.78 is 39.1. The van der Waals surface area contributed by atoms with E-state index in [1.165, 1.54) is 12.4 Å². The number of nitrogens with two attached hydrogens (primary N) is 1. The minimum Gasteiger partial charge on any atom is -0.465 e. The molecular formula is C13H16F3N3O2. The lowest BCUT2D eigenvalue weighted by atomic mass is 9.75. The standard InChI is InChI=1S/C13H16F3N3O2/c14-13(15,16)8-3-7(4-9(5-8)19-12(20)21)10-1-2-18-6-11(10)17/h1-2,6-9,19H,3-5,17H2,(H,20,21)/t7-,8+,9?/m1/s1. The molecule has 5 nitrogen and oxygen atoms in total. The molecule has 1 aliphatic rings. The molecule has 1 aromatic heterocycles. The Balaban J connectivity index is 2.24. The molecule has 1 unspecified atom stereocenters. The number of nitrogens with zero attached hydrogens (tertiary/aromatic N) is 1. The number of hydrogen-bond donors (Lipinski definition) is 3. The predicted octanol–water partition coefficient (Wildman–Crippen LogP) is 2.75. The van der Waals surface area contributed by atoms with E-state index >= 15 is 0 Å². The molecule has 8 heteroatoms. The fraction of sp³-hybridized carbons (Fsp3) is 0.538. The summed E-state index contributed by atoms with van der Waals surface area (Å²) in [5.74, 6) is -1.98. The summed E-state index contributed by atoms with van der Waals surface area (Å²) in [4.78, 5) is 14.5. The zero-order chi connectivity index (χ0) is 15.6. The molecule has 1 amide bonds. The minimum absolute atomic E-state index is 0.0878. The number of amides is 1. The van der Waals surface area contributed by atoms with Crippen LogP contribution in [0.25, 0.3) is 0 Å². The Morgan fingerprint density at radius 3 is 2.67 bits per heavy atom. The van der Waals surface area contributed by atoms with Gasteiger partial charge in [0.15, 0.2) is 0 Å². The number of alkyl halides is 3. The fourth-order valence-corrected chi connectivity index (χ4v) is 2.92. The van der Waals surface area contributed by atoms with Crippen molar-refractivity contribution in [2.24, 2.45) is 5.92 Å². The van der Waals surface area contributed by atoms with E-state index in [0.717, 1.165) is 0 Å². The fourth-order valence-electron chi connectivity index (χ4n) is 2.92. The second kappa shape index (κ2) is 5.79. The van der Waals surface area contributed by atoms with Crippen molar-refractivity contribution in [3.63, 3.8) is 0 Å². The van der Waals surface area contributed by atoms with Crippen LogP contribution in [0.5, 0.6) is 0 Å².